The van der Waals surface area contributed by atoms with Gasteiger partial charge >= 0.3 is 0 Å². The monoisotopic (exact) mass is 374 g/mol. The van der Waals surface area contributed by atoms with Gasteiger partial charge in [-0.1, -0.05) is 35.0 Å². The third kappa shape index (κ3) is 3.53. The van der Waals surface area contributed by atoms with Crippen LogP contribution in [0.25, 0.3) is 0 Å². The first kappa shape index (κ1) is 15.6. The van der Waals surface area contributed by atoms with E-state index < -0.39 is 0 Å². The molecule has 0 saturated heterocycles. The molecule has 118 valence electrons. The van der Waals surface area contributed by atoms with E-state index in [-0.39, 0.29) is 12.7 Å². The molecule has 0 fully saturated rings. The Labute approximate surface area is 142 Å². The van der Waals surface area contributed by atoms with Gasteiger partial charge < -0.3 is 9.47 Å². The number of ether oxygens (including phenoxy) is 2. The Bertz CT molecular complexity index is 757. The molecule has 3 rings (SSSR count). The minimum absolute atomic E-state index is 0.183. The van der Waals surface area contributed by atoms with E-state index in [1.807, 2.05) is 31.2 Å². The van der Waals surface area contributed by atoms with Gasteiger partial charge in [0.05, 0.1) is 5.71 Å². The molecular weight excluding hydrogens is 360 g/mol. The van der Waals surface area contributed by atoms with Crippen molar-refractivity contribution in [2.45, 2.75) is 13.3 Å². The standard InChI is InChI=1S/C17H15BrN2O3/c1-2-14(11-3-6-13(18)7-4-11)19-20-17(21)12-5-8-15-16(9-12)23-10-22-15/h3-9H,2,10H2,1H3,(H,20,21)/b19-14-. The summed E-state index contributed by atoms with van der Waals surface area (Å²) in [6.07, 6.45) is 0.711. The van der Waals surface area contributed by atoms with Gasteiger partial charge in [0.1, 0.15) is 0 Å². The van der Waals surface area contributed by atoms with E-state index in [4.69, 9.17) is 9.47 Å². The zero-order chi connectivity index (χ0) is 16.2. The van der Waals surface area contributed by atoms with Gasteiger partial charge in [-0.05, 0) is 42.3 Å². The zero-order valence-electron chi connectivity index (χ0n) is 12.5. The van der Waals surface area contributed by atoms with E-state index in [1.54, 1.807) is 18.2 Å². The molecule has 6 heteroatoms. The van der Waals surface area contributed by atoms with E-state index >= 15 is 0 Å². The lowest BCUT2D eigenvalue weighted by molar-refractivity contribution is 0.0954. The van der Waals surface area contributed by atoms with Crippen molar-refractivity contribution in [3.63, 3.8) is 0 Å². The average molecular weight is 375 g/mol. The van der Waals surface area contributed by atoms with Gasteiger partial charge in [-0.15, -0.1) is 0 Å². The summed E-state index contributed by atoms with van der Waals surface area (Å²) in [5.74, 6) is 0.936. The maximum Gasteiger partial charge on any atom is 0.271 e. The number of hydrogen-bond donors (Lipinski definition) is 1. The summed E-state index contributed by atoms with van der Waals surface area (Å²) in [7, 11) is 0. The van der Waals surface area contributed by atoms with Crippen LogP contribution in [0.2, 0.25) is 0 Å². The maximum atomic E-state index is 12.2. The number of fused-ring (bicyclic) bond motifs is 1. The first-order valence-corrected chi connectivity index (χ1v) is 7.99. The number of nitrogens with zero attached hydrogens (tertiary/aromatic N) is 1. The molecule has 2 aromatic rings. The van der Waals surface area contributed by atoms with Crippen molar-refractivity contribution in [3.05, 3.63) is 58.1 Å². The van der Waals surface area contributed by atoms with Crippen molar-refractivity contribution in [3.8, 4) is 11.5 Å². The Morgan fingerprint density at radius 2 is 1.83 bits per heavy atom. The van der Waals surface area contributed by atoms with Crippen LogP contribution < -0.4 is 14.9 Å². The number of carbonyl (C=O) groups excluding carboxylic acids is 1. The molecule has 0 aromatic heterocycles. The molecule has 0 aliphatic carbocycles. The summed E-state index contributed by atoms with van der Waals surface area (Å²) < 4.78 is 11.5. The number of halogens is 1. The Hall–Kier alpha value is -2.34. The Morgan fingerprint density at radius 3 is 2.57 bits per heavy atom. The van der Waals surface area contributed by atoms with Crippen molar-refractivity contribution in [2.75, 3.05) is 6.79 Å². The fourth-order valence-corrected chi connectivity index (χ4v) is 2.47. The fourth-order valence-electron chi connectivity index (χ4n) is 2.21. The second-order valence-electron chi connectivity index (χ2n) is 4.93. The SMILES string of the molecule is CC/C(=N/NC(=O)c1ccc2c(c1)OCO2)c1ccc(Br)cc1. The molecule has 0 spiro atoms. The topological polar surface area (TPSA) is 59.9 Å². The predicted octanol–water partition coefficient (Wildman–Crippen LogP) is 3.72. The second kappa shape index (κ2) is 6.83. The number of hydrogen-bond acceptors (Lipinski definition) is 4. The first-order valence-electron chi connectivity index (χ1n) is 7.20. The number of hydrazone groups is 1. The predicted molar refractivity (Wildman–Crippen MR) is 91.0 cm³/mol. The van der Waals surface area contributed by atoms with Crippen molar-refractivity contribution in [1.82, 2.24) is 5.43 Å². The number of carbonyl (C=O) groups is 1. The number of benzene rings is 2. The molecular formula is C17H15BrN2O3. The molecule has 0 radical (unpaired) electrons. The van der Waals surface area contributed by atoms with Crippen LogP contribution >= 0.6 is 15.9 Å². The summed E-state index contributed by atoms with van der Waals surface area (Å²) >= 11 is 3.40. The molecule has 0 atom stereocenters. The van der Waals surface area contributed by atoms with Gasteiger partial charge in [0.25, 0.3) is 5.91 Å². The molecule has 23 heavy (non-hydrogen) atoms. The third-order valence-corrected chi connectivity index (χ3v) is 3.97. The highest BCUT2D eigenvalue weighted by Gasteiger charge is 2.16. The lowest BCUT2D eigenvalue weighted by Gasteiger charge is -2.06. The summed E-state index contributed by atoms with van der Waals surface area (Å²) in [6.45, 7) is 2.18. The summed E-state index contributed by atoms with van der Waals surface area (Å²) in [6, 6.07) is 12.9. The molecule has 1 amide bonds. The number of rotatable bonds is 4. The minimum atomic E-state index is -0.286. The highest BCUT2D eigenvalue weighted by atomic mass is 79.9. The van der Waals surface area contributed by atoms with Crippen LogP contribution in [0.5, 0.6) is 11.5 Å². The zero-order valence-corrected chi connectivity index (χ0v) is 14.1. The quantitative estimate of drug-likeness (QED) is 0.655. The van der Waals surface area contributed by atoms with Crippen LogP contribution in [0.3, 0.4) is 0 Å². The van der Waals surface area contributed by atoms with Crippen molar-refractivity contribution in [1.29, 1.82) is 0 Å². The largest absolute Gasteiger partial charge is 0.454 e. The molecule has 0 bridgehead atoms. The molecule has 1 aliphatic rings. The fraction of sp³-hybridized carbons (Fsp3) is 0.176. The van der Waals surface area contributed by atoms with Crippen LogP contribution in [-0.2, 0) is 0 Å². The van der Waals surface area contributed by atoms with E-state index in [1.165, 1.54) is 0 Å². The van der Waals surface area contributed by atoms with Gasteiger partial charge in [0.15, 0.2) is 11.5 Å². The van der Waals surface area contributed by atoms with Crippen LogP contribution in [0, 0.1) is 0 Å². The normalized spacial score (nSPS) is 13.0. The molecule has 1 aliphatic heterocycles. The molecule has 5 nitrogen and oxygen atoms in total. The molecule has 2 aromatic carbocycles. The second-order valence-corrected chi connectivity index (χ2v) is 5.84. The molecule has 0 unspecified atom stereocenters. The van der Waals surface area contributed by atoms with Gasteiger partial charge in [0, 0.05) is 10.0 Å². The number of amides is 1. The minimum Gasteiger partial charge on any atom is -0.454 e. The van der Waals surface area contributed by atoms with Crippen LogP contribution in [0.15, 0.2) is 52.0 Å². The smallest absolute Gasteiger partial charge is 0.271 e. The maximum absolute atomic E-state index is 12.2. The Balaban J connectivity index is 1.75. The first-order chi connectivity index (χ1) is 11.2. The van der Waals surface area contributed by atoms with Crippen molar-refractivity contribution >= 4 is 27.5 Å². The van der Waals surface area contributed by atoms with E-state index in [0.29, 0.717) is 23.5 Å². The molecule has 1 N–H and O–H groups in total. The van der Waals surface area contributed by atoms with Gasteiger partial charge in [0.2, 0.25) is 6.79 Å². The molecule has 1 heterocycles. The van der Waals surface area contributed by atoms with Crippen LogP contribution in [0.4, 0.5) is 0 Å². The van der Waals surface area contributed by atoms with E-state index in [0.717, 1.165) is 15.7 Å². The van der Waals surface area contributed by atoms with E-state index in [9.17, 15) is 4.79 Å². The van der Waals surface area contributed by atoms with Crippen molar-refractivity contribution < 1.29 is 14.3 Å². The molecule has 0 saturated carbocycles. The number of nitrogens with one attached hydrogen (secondary N) is 1. The lowest BCUT2D eigenvalue weighted by Crippen LogP contribution is -2.20. The lowest BCUT2D eigenvalue weighted by atomic mass is 10.1. The Kier molecular flexibility index (Phi) is 4.62. The van der Waals surface area contributed by atoms with Crippen LogP contribution in [0.1, 0.15) is 29.3 Å². The van der Waals surface area contributed by atoms with E-state index in [2.05, 4.69) is 26.5 Å². The third-order valence-electron chi connectivity index (χ3n) is 3.44. The highest BCUT2D eigenvalue weighted by Crippen LogP contribution is 2.32. The summed E-state index contributed by atoms with van der Waals surface area (Å²) in [5.41, 5.74) is 4.86. The summed E-state index contributed by atoms with van der Waals surface area (Å²) in [5, 5.41) is 4.24. The Morgan fingerprint density at radius 1 is 1.13 bits per heavy atom. The van der Waals surface area contributed by atoms with Crippen molar-refractivity contribution in [2.24, 2.45) is 5.10 Å². The van der Waals surface area contributed by atoms with Gasteiger partial charge in [-0.2, -0.15) is 5.10 Å². The van der Waals surface area contributed by atoms with Crippen LogP contribution in [-0.4, -0.2) is 18.4 Å². The van der Waals surface area contributed by atoms with Gasteiger partial charge in [-0.3, -0.25) is 4.79 Å². The summed E-state index contributed by atoms with van der Waals surface area (Å²) in [4.78, 5) is 12.2. The average Bonchev–Trinajstić information content (AvgIpc) is 3.04. The highest BCUT2D eigenvalue weighted by molar-refractivity contribution is 9.10. The van der Waals surface area contributed by atoms with Gasteiger partial charge in [-0.25, -0.2) is 5.43 Å².